The van der Waals surface area contributed by atoms with Crippen LogP contribution in [0.4, 0.5) is 0 Å². The van der Waals surface area contributed by atoms with Crippen LogP contribution in [0.1, 0.15) is 47.2 Å². The molecule has 0 bridgehead atoms. The lowest BCUT2D eigenvalue weighted by Crippen LogP contribution is -2.45. The smallest absolute Gasteiger partial charge is 0.332 e. The second-order valence-corrected chi connectivity index (χ2v) is 8.30. The van der Waals surface area contributed by atoms with Crippen molar-refractivity contribution in [3.8, 4) is 0 Å². The molecule has 0 radical (unpaired) electrons. The van der Waals surface area contributed by atoms with E-state index in [1.54, 1.807) is 11.0 Å². The van der Waals surface area contributed by atoms with Crippen LogP contribution in [0.25, 0.3) is 0 Å². The molecule has 5 rings (SSSR count). The van der Waals surface area contributed by atoms with Gasteiger partial charge in [-0.2, -0.15) is 5.10 Å². The van der Waals surface area contributed by atoms with Crippen molar-refractivity contribution >= 4 is 5.91 Å². The number of fused-ring (bicyclic) bond motifs is 3. The molecular weight excluding hydrogens is 358 g/mol. The van der Waals surface area contributed by atoms with Crippen LogP contribution < -0.4 is 11.1 Å². The van der Waals surface area contributed by atoms with Gasteiger partial charge in [-0.3, -0.25) is 19.0 Å². The van der Waals surface area contributed by atoms with E-state index < -0.39 is 11.1 Å². The van der Waals surface area contributed by atoms with E-state index in [2.05, 4.69) is 10.1 Å². The Balaban J connectivity index is 1.42. The van der Waals surface area contributed by atoms with E-state index in [1.165, 1.54) is 15.7 Å². The predicted octanol–water partition coefficient (Wildman–Crippen LogP) is 0.778. The van der Waals surface area contributed by atoms with Crippen molar-refractivity contribution in [3.63, 3.8) is 0 Å². The Hall–Kier alpha value is -2.77. The highest BCUT2D eigenvalue weighted by Crippen LogP contribution is 2.37. The first-order chi connectivity index (χ1) is 13.5. The number of amides is 1. The number of nitrogens with zero attached hydrogens (tertiary/aromatic N) is 5. The first-order valence-electron chi connectivity index (χ1n) is 9.96. The van der Waals surface area contributed by atoms with Crippen LogP contribution in [0.3, 0.4) is 0 Å². The molecule has 3 aliphatic rings. The number of carbonyl (C=O) groups excluding carboxylic acids is 1. The summed E-state index contributed by atoms with van der Waals surface area (Å²) >= 11 is 0. The van der Waals surface area contributed by atoms with Crippen LogP contribution >= 0.6 is 0 Å². The van der Waals surface area contributed by atoms with Gasteiger partial charge in [0.05, 0.1) is 0 Å². The standard InChI is InChI=1S/C20H23N5O3/c1-12-4-2-7-16(21-12)18(26)23-9-14-10-24-17(15(14)11-23)22-25(20(28)19(24)27)8-13-5-3-6-13/h2,4,7,13-15H,3,5-6,8-11H2,1H3/t14-,15+/m0/s1. The first kappa shape index (κ1) is 17.3. The zero-order valence-corrected chi connectivity index (χ0v) is 15.9. The molecule has 8 nitrogen and oxygen atoms in total. The predicted molar refractivity (Wildman–Crippen MR) is 101 cm³/mol. The maximum atomic E-state index is 12.8. The van der Waals surface area contributed by atoms with E-state index >= 15 is 0 Å². The number of aryl methyl sites for hydroxylation is 1. The van der Waals surface area contributed by atoms with Gasteiger partial charge in [-0.25, -0.2) is 9.67 Å². The summed E-state index contributed by atoms with van der Waals surface area (Å²) in [5.74, 6) is 1.12. The Labute approximate surface area is 161 Å². The molecule has 1 saturated carbocycles. The van der Waals surface area contributed by atoms with Crippen LogP contribution in [0.5, 0.6) is 0 Å². The third-order valence-electron chi connectivity index (χ3n) is 6.40. The fraction of sp³-hybridized carbons (Fsp3) is 0.550. The van der Waals surface area contributed by atoms with Crippen molar-refractivity contribution in [1.82, 2.24) is 24.2 Å². The summed E-state index contributed by atoms with van der Waals surface area (Å²) < 4.78 is 2.90. The molecule has 2 atom stereocenters. The average Bonchev–Trinajstić information content (AvgIpc) is 3.20. The van der Waals surface area contributed by atoms with Crippen LogP contribution in [0.2, 0.25) is 0 Å². The Bertz CT molecular complexity index is 1070. The minimum atomic E-state index is -0.521. The third kappa shape index (κ3) is 2.70. The number of aromatic nitrogens is 4. The topological polar surface area (TPSA) is 90.1 Å². The fourth-order valence-electron chi connectivity index (χ4n) is 4.62. The SMILES string of the molecule is Cc1cccc(C(=O)N2C[C@H]3Cn4c(nn(CC5CCC5)c(=O)c4=O)[C@@H]3C2)n1. The number of pyridine rings is 1. The monoisotopic (exact) mass is 381 g/mol. The van der Waals surface area contributed by atoms with Gasteiger partial charge in [0.15, 0.2) is 0 Å². The van der Waals surface area contributed by atoms with Crippen molar-refractivity contribution < 1.29 is 4.79 Å². The lowest BCUT2D eigenvalue weighted by atomic mass is 9.85. The second kappa shape index (κ2) is 6.39. The number of hydrogen-bond acceptors (Lipinski definition) is 5. The number of hydrogen-bond donors (Lipinski definition) is 0. The lowest BCUT2D eigenvalue weighted by molar-refractivity contribution is 0.0777. The summed E-state index contributed by atoms with van der Waals surface area (Å²) in [4.78, 5) is 44.0. The molecule has 2 aromatic heterocycles. The molecule has 1 aliphatic carbocycles. The van der Waals surface area contributed by atoms with E-state index in [0.29, 0.717) is 43.6 Å². The van der Waals surface area contributed by atoms with Crippen LogP contribution in [0.15, 0.2) is 27.8 Å². The van der Waals surface area contributed by atoms with E-state index in [4.69, 9.17) is 0 Å². The lowest BCUT2D eigenvalue weighted by Gasteiger charge is -2.25. The highest BCUT2D eigenvalue weighted by molar-refractivity contribution is 5.92. The Morgan fingerprint density at radius 3 is 2.68 bits per heavy atom. The van der Waals surface area contributed by atoms with Crippen molar-refractivity contribution in [2.45, 2.75) is 45.2 Å². The summed E-state index contributed by atoms with van der Waals surface area (Å²) in [5, 5.41) is 4.57. The number of likely N-dealkylation sites (tertiary alicyclic amines) is 1. The number of rotatable bonds is 3. The minimum Gasteiger partial charge on any atom is -0.336 e. The molecule has 1 amide bonds. The maximum absolute atomic E-state index is 12.8. The summed E-state index contributed by atoms with van der Waals surface area (Å²) in [6.07, 6.45) is 3.35. The molecule has 2 fully saturated rings. The quantitative estimate of drug-likeness (QED) is 0.733. The van der Waals surface area contributed by atoms with E-state index in [-0.39, 0.29) is 17.7 Å². The number of carbonyl (C=O) groups is 1. The Morgan fingerprint density at radius 2 is 1.96 bits per heavy atom. The summed E-state index contributed by atoms with van der Waals surface area (Å²) in [5.41, 5.74) is 0.258. The molecule has 1 saturated heterocycles. The largest absolute Gasteiger partial charge is 0.336 e. The maximum Gasteiger partial charge on any atom is 0.332 e. The first-order valence-corrected chi connectivity index (χ1v) is 9.96. The summed E-state index contributed by atoms with van der Waals surface area (Å²) in [6, 6.07) is 5.43. The van der Waals surface area contributed by atoms with Gasteiger partial charge in [-0.05, 0) is 37.8 Å². The van der Waals surface area contributed by atoms with E-state index in [1.807, 2.05) is 19.1 Å². The van der Waals surface area contributed by atoms with Crippen molar-refractivity contribution in [1.29, 1.82) is 0 Å². The van der Waals surface area contributed by atoms with Crippen molar-refractivity contribution in [2.24, 2.45) is 11.8 Å². The van der Waals surface area contributed by atoms with Crippen molar-refractivity contribution in [3.05, 3.63) is 56.1 Å². The van der Waals surface area contributed by atoms with Gasteiger partial charge < -0.3 is 4.90 Å². The van der Waals surface area contributed by atoms with Gasteiger partial charge in [0, 0.05) is 43.7 Å². The molecule has 2 aromatic rings. The zero-order valence-electron chi connectivity index (χ0n) is 15.9. The molecule has 146 valence electrons. The highest BCUT2D eigenvalue weighted by atomic mass is 16.2. The fourth-order valence-corrected chi connectivity index (χ4v) is 4.62. The average molecular weight is 381 g/mol. The molecule has 0 N–H and O–H groups in total. The van der Waals surface area contributed by atoms with Gasteiger partial charge in [0.1, 0.15) is 11.5 Å². The molecular formula is C20H23N5O3. The molecule has 28 heavy (non-hydrogen) atoms. The van der Waals surface area contributed by atoms with Gasteiger partial charge in [0.25, 0.3) is 5.91 Å². The van der Waals surface area contributed by atoms with Crippen molar-refractivity contribution in [2.75, 3.05) is 13.1 Å². The molecule has 2 aliphatic heterocycles. The molecule has 0 unspecified atom stereocenters. The summed E-state index contributed by atoms with van der Waals surface area (Å²) in [7, 11) is 0. The molecule has 4 heterocycles. The normalized spacial score (nSPS) is 23.4. The third-order valence-corrected chi connectivity index (χ3v) is 6.40. The zero-order chi connectivity index (χ0) is 19.4. The second-order valence-electron chi connectivity index (χ2n) is 8.30. The minimum absolute atomic E-state index is 0.00491. The molecule has 0 aromatic carbocycles. The summed E-state index contributed by atoms with van der Waals surface area (Å²) in [6.45, 7) is 3.90. The van der Waals surface area contributed by atoms with Gasteiger partial charge in [-0.1, -0.05) is 12.5 Å². The molecule has 8 heteroatoms. The Morgan fingerprint density at radius 1 is 1.14 bits per heavy atom. The highest BCUT2D eigenvalue weighted by Gasteiger charge is 2.44. The van der Waals surface area contributed by atoms with E-state index in [9.17, 15) is 14.4 Å². The van der Waals surface area contributed by atoms with Gasteiger partial charge in [-0.15, -0.1) is 0 Å². The molecule has 0 spiro atoms. The van der Waals surface area contributed by atoms with Crippen LogP contribution in [0, 0.1) is 18.8 Å². The van der Waals surface area contributed by atoms with Gasteiger partial charge >= 0.3 is 11.1 Å². The van der Waals surface area contributed by atoms with Gasteiger partial charge in [0.2, 0.25) is 0 Å². The van der Waals surface area contributed by atoms with Crippen LogP contribution in [-0.4, -0.2) is 43.2 Å². The van der Waals surface area contributed by atoms with Crippen LogP contribution in [-0.2, 0) is 13.1 Å². The Kier molecular flexibility index (Phi) is 3.96. The van der Waals surface area contributed by atoms with E-state index in [0.717, 1.165) is 18.5 Å².